The van der Waals surface area contributed by atoms with Crippen molar-refractivity contribution in [2.75, 3.05) is 4.90 Å². The Bertz CT molecular complexity index is 3150. The Kier molecular flexibility index (Phi) is 6.63. The van der Waals surface area contributed by atoms with E-state index in [0.29, 0.717) is 0 Å². The van der Waals surface area contributed by atoms with Gasteiger partial charge < -0.3 is 9.32 Å². The van der Waals surface area contributed by atoms with Gasteiger partial charge in [-0.15, -0.1) is 22.7 Å². The number of benzene rings is 8. The summed E-state index contributed by atoms with van der Waals surface area (Å²) in [5.41, 5.74) is 9.68. The fourth-order valence-corrected chi connectivity index (χ4v) is 9.95. The van der Waals surface area contributed by atoms with Crippen molar-refractivity contribution in [3.8, 4) is 22.3 Å². The molecule has 52 heavy (non-hydrogen) atoms. The fraction of sp³-hybridized carbons (Fsp3) is 0. The van der Waals surface area contributed by atoms with Crippen molar-refractivity contribution in [2.24, 2.45) is 0 Å². The molecule has 2 nitrogen and oxygen atoms in total. The van der Waals surface area contributed by atoms with Crippen molar-refractivity contribution in [1.29, 1.82) is 0 Å². The molecule has 0 aliphatic rings. The number of furan rings is 1. The van der Waals surface area contributed by atoms with Crippen molar-refractivity contribution in [1.82, 2.24) is 0 Å². The second kappa shape index (κ2) is 11.7. The normalized spacial score (nSPS) is 11.8. The SMILES string of the molecule is c1cc(-c2ccc3sc4ccccc4c3c2)cc(N(c2ccc(-c3ccc4sc5ccccc5c4c3)cc2)c2cccc3c2oc2ccccc23)c1. The van der Waals surface area contributed by atoms with Crippen LogP contribution in [0, 0.1) is 0 Å². The second-order valence-electron chi connectivity index (χ2n) is 13.3. The molecule has 11 aromatic rings. The van der Waals surface area contributed by atoms with Gasteiger partial charge in [0, 0.05) is 62.5 Å². The number of para-hydroxylation sites is 2. The maximum absolute atomic E-state index is 6.62. The Hall–Kier alpha value is -6.20. The van der Waals surface area contributed by atoms with Crippen molar-refractivity contribution < 1.29 is 4.42 Å². The van der Waals surface area contributed by atoms with E-state index in [4.69, 9.17) is 4.42 Å². The minimum Gasteiger partial charge on any atom is -0.454 e. The first-order valence-electron chi connectivity index (χ1n) is 17.5. The highest BCUT2D eigenvalue weighted by Gasteiger charge is 2.20. The molecule has 0 saturated heterocycles. The molecule has 8 aromatic carbocycles. The van der Waals surface area contributed by atoms with E-state index in [2.05, 4.69) is 175 Å². The van der Waals surface area contributed by atoms with Crippen LogP contribution in [0.1, 0.15) is 0 Å². The van der Waals surface area contributed by atoms with Crippen LogP contribution in [0.5, 0.6) is 0 Å². The summed E-state index contributed by atoms with van der Waals surface area (Å²) in [5.74, 6) is 0. The molecule has 0 bridgehead atoms. The maximum Gasteiger partial charge on any atom is 0.159 e. The smallest absolute Gasteiger partial charge is 0.159 e. The summed E-state index contributed by atoms with van der Waals surface area (Å²) in [4.78, 5) is 2.34. The van der Waals surface area contributed by atoms with Gasteiger partial charge in [-0.05, 0) is 95.1 Å². The van der Waals surface area contributed by atoms with Crippen LogP contribution in [0.25, 0.3) is 84.5 Å². The van der Waals surface area contributed by atoms with Gasteiger partial charge in [-0.25, -0.2) is 0 Å². The van der Waals surface area contributed by atoms with E-state index in [1.807, 2.05) is 28.7 Å². The van der Waals surface area contributed by atoms with E-state index in [1.165, 1.54) is 62.6 Å². The largest absolute Gasteiger partial charge is 0.454 e. The molecular formula is C48H29NOS2. The van der Waals surface area contributed by atoms with Crippen LogP contribution in [-0.4, -0.2) is 0 Å². The molecule has 3 aromatic heterocycles. The average molecular weight is 700 g/mol. The number of hydrogen-bond acceptors (Lipinski definition) is 4. The number of fused-ring (bicyclic) bond motifs is 9. The molecule has 0 aliphatic carbocycles. The topological polar surface area (TPSA) is 16.4 Å². The third-order valence-corrected chi connectivity index (χ3v) is 12.6. The number of hydrogen-bond donors (Lipinski definition) is 0. The highest BCUT2D eigenvalue weighted by atomic mass is 32.1. The van der Waals surface area contributed by atoms with Gasteiger partial charge in [0.2, 0.25) is 0 Å². The lowest BCUT2D eigenvalue weighted by Crippen LogP contribution is -2.10. The molecule has 0 unspecified atom stereocenters. The van der Waals surface area contributed by atoms with Crippen molar-refractivity contribution in [3.05, 3.63) is 176 Å². The first-order valence-corrected chi connectivity index (χ1v) is 19.1. The Labute approximate surface area is 308 Å². The molecule has 0 N–H and O–H groups in total. The van der Waals surface area contributed by atoms with Crippen LogP contribution >= 0.6 is 22.7 Å². The van der Waals surface area contributed by atoms with Crippen molar-refractivity contribution in [2.45, 2.75) is 0 Å². The highest BCUT2D eigenvalue weighted by Crippen LogP contribution is 2.44. The van der Waals surface area contributed by atoms with E-state index >= 15 is 0 Å². The third-order valence-electron chi connectivity index (χ3n) is 10.3. The van der Waals surface area contributed by atoms with Gasteiger partial charge in [0.1, 0.15) is 5.58 Å². The Morgan fingerprint density at radius 3 is 1.60 bits per heavy atom. The lowest BCUT2D eigenvalue weighted by atomic mass is 10.0. The third kappa shape index (κ3) is 4.69. The van der Waals surface area contributed by atoms with Crippen LogP contribution in [0.3, 0.4) is 0 Å². The Balaban J connectivity index is 1.06. The number of thiophene rings is 2. The fourth-order valence-electron chi connectivity index (χ4n) is 7.77. The summed E-state index contributed by atoms with van der Waals surface area (Å²) in [6.07, 6.45) is 0. The lowest BCUT2D eigenvalue weighted by Gasteiger charge is -2.26. The van der Waals surface area contributed by atoms with Crippen molar-refractivity contribution >= 4 is 102 Å². The first-order chi connectivity index (χ1) is 25.7. The summed E-state index contributed by atoms with van der Waals surface area (Å²) >= 11 is 3.71. The standard InChI is InChI=1S/C48H29NOS2/c1-4-16-43-36(11-1)39-14-8-15-42(48(39)50-43)49(34-23-19-30(20-24-34)32-21-25-46-40(28-32)37-12-2-5-17-44(37)51-46)35-10-7-9-31(27-35)33-22-26-47-41(29-33)38-13-3-6-18-45(38)52-47/h1-29H. The summed E-state index contributed by atoms with van der Waals surface area (Å²) in [6, 6.07) is 63.7. The minimum absolute atomic E-state index is 0.874. The summed E-state index contributed by atoms with van der Waals surface area (Å²) < 4.78 is 11.9. The van der Waals surface area contributed by atoms with Crippen LogP contribution in [0.4, 0.5) is 17.1 Å². The zero-order valence-electron chi connectivity index (χ0n) is 27.9. The zero-order chi connectivity index (χ0) is 34.2. The number of anilines is 3. The molecule has 0 spiro atoms. The first kappa shape index (κ1) is 29.5. The second-order valence-corrected chi connectivity index (χ2v) is 15.5. The molecule has 0 radical (unpaired) electrons. The zero-order valence-corrected chi connectivity index (χ0v) is 29.5. The molecule has 0 fully saturated rings. The molecule has 0 aliphatic heterocycles. The summed E-state index contributed by atoms with van der Waals surface area (Å²) in [6.45, 7) is 0. The van der Waals surface area contributed by atoms with Gasteiger partial charge in [-0.1, -0.05) is 103 Å². The van der Waals surface area contributed by atoms with Gasteiger partial charge in [-0.2, -0.15) is 0 Å². The van der Waals surface area contributed by atoms with E-state index in [1.54, 1.807) is 0 Å². The van der Waals surface area contributed by atoms with E-state index < -0.39 is 0 Å². The number of rotatable bonds is 5. The van der Waals surface area contributed by atoms with E-state index in [0.717, 1.165) is 39.0 Å². The molecule has 244 valence electrons. The number of nitrogens with zero attached hydrogens (tertiary/aromatic N) is 1. The Morgan fingerprint density at radius 1 is 0.346 bits per heavy atom. The molecule has 3 heterocycles. The predicted molar refractivity (Wildman–Crippen MR) is 225 cm³/mol. The lowest BCUT2D eigenvalue weighted by molar-refractivity contribution is 0.669. The van der Waals surface area contributed by atoms with Crippen LogP contribution in [0.2, 0.25) is 0 Å². The predicted octanol–water partition coefficient (Wildman–Crippen LogP) is 15.1. The molecule has 4 heteroatoms. The van der Waals surface area contributed by atoms with Crippen LogP contribution in [0.15, 0.2) is 180 Å². The van der Waals surface area contributed by atoms with Gasteiger partial charge in [0.15, 0.2) is 5.58 Å². The Morgan fingerprint density at radius 2 is 0.885 bits per heavy atom. The van der Waals surface area contributed by atoms with Crippen LogP contribution in [-0.2, 0) is 0 Å². The van der Waals surface area contributed by atoms with Crippen molar-refractivity contribution in [3.63, 3.8) is 0 Å². The van der Waals surface area contributed by atoms with Gasteiger partial charge >= 0.3 is 0 Å². The summed E-state index contributed by atoms with van der Waals surface area (Å²) in [7, 11) is 0. The molecule has 0 atom stereocenters. The van der Waals surface area contributed by atoms with Crippen LogP contribution < -0.4 is 4.90 Å². The quantitative estimate of drug-likeness (QED) is 0.178. The van der Waals surface area contributed by atoms with Gasteiger partial charge in [-0.3, -0.25) is 0 Å². The molecule has 0 saturated carbocycles. The molecule has 0 amide bonds. The van der Waals surface area contributed by atoms with Gasteiger partial charge in [0.25, 0.3) is 0 Å². The summed E-state index contributed by atoms with van der Waals surface area (Å²) in [5, 5.41) is 7.47. The highest BCUT2D eigenvalue weighted by molar-refractivity contribution is 7.26. The maximum atomic E-state index is 6.62. The molecular weight excluding hydrogens is 671 g/mol. The van der Waals surface area contributed by atoms with E-state index in [-0.39, 0.29) is 0 Å². The van der Waals surface area contributed by atoms with E-state index in [9.17, 15) is 0 Å². The molecule has 11 rings (SSSR count). The minimum atomic E-state index is 0.874. The average Bonchev–Trinajstić information content (AvgIpc) is 3.89. The van der Waals surface area contributed by atoms with Gasteiger partial charge in [0.05, 0.1) is 5.69 Å². The monoisotopic (exact) mass is 699 g/mol.